The highest BCUT2D eigenvalue weighted by atomic mass is 16.3. The lowest BCUT2D eigenvalue weighted by Gasteiger charge is -2.13. The Balaban J connectivity index is 1.29. The average molecular weight is 410 g/mol. The number of phenolic OH excluding ortho intramolecular Hbond substituents is 1. The van der Waals surface area contributed by atoms with Crippen LogP contribution in [0.4, 0.5) is 0 Å². The number of benzene rings is 4. The maximum Gasteiger partial charge on any atom is 0.258 e. The molecule has 5 rings (SSSR count). The van der Waals surface area contributed by atoms with Crippen molar-refractivity contribution in [2.24, 2.45) is 5.10 Å². The molecular formula is C25H22N4O2. The van der Waals surface area contributed by atoms with Crippen LogP contribution in [0.2, 0.25) is 0 Å². The molecule has 4 N–H and O–H groups in total. The predicted molar refractivity (Wildman–Crippen MR) is 123 cm³/mol. The van der Waals surface area contributed by atoms with Gasteiger partial charge in [0, 0.05) is 11.6 Å². The summed E-state index contributed by atoms with van der Waals surface area (Å²) in [7, 11) is 0. The molecule has 0 aromatic heterocycles. The number of nitrogens with one attached hydrogen (secondary N) is 3. The van der Waals surface area contributed by atoms with E-state index in [1.807, 2.05) is 48.5 Å². The molecule has 0 aliphatic carbocycles. The number of hydrogen-bond acceptors (Lipinski definition) is 5. The number of carbonyl (C=O) groups excluding carboxylic acids is 1. The topological polar surface area (TPSA) is 85.8 Å². The number of hydrogen-bond donors (Lipinski definition) is 4. The van der Waals surface area contributed by atoms with E-state index in [-0.39, 0.29) is 17.7 Å². The molecule has 1 aliphatic rings. The van der Waals surface area contributed by atoms with Crippen LogP contribution in [-0.2, 0) is 4.79 Å². The Kier molecular flexibility index (Phi) is 5.08. The normalized spacial score (nSPS) is 18.7. The van der Waals surface area contributed by atoms with Crippen molar-refractivity contribution >= 4 is 33.7 Å². The van der Waals surface area contributed by atoms with Crippen molar-refractivity contribution in [2.75, 3.05) is 0 Å². The van der Waals surface area contributed by atoms with Gasteiger partial charge >= 0.3 is 0 Å². The van der Waals surface area contributed by atoms with Gasteiger partial charge in [0.25, 0.3) is 5.91 Å². The third-order valence-corrected chi connectivity index (χ3v) is 5.73. The minimum absolute atomic E-state index is 0.0212. The number of aromatic hydroxyl groups is 1. The van der Waals surface area contributed by atoms with Crippen LogP contribution < -0.4 is 16.3 Å². The van der Waals surface area contributed by atoms with Gasteiger partial charge in [0.15, 0.2) is 0 Å². The summed E-state index contributed by atoms with van der Waals surface area (Å²) in [6.45, 7) is 0. The molecule has 1 fully saturated rings. The lowest BCUT2D eigenvalue weighted by atomic mass is 9.96. The number of rotatable bonds is 4. The van der Waals surface area contributed by atoms with E-state index in [1.165, 1.54) is 17.0 Å². The van der Waals surface area contributed by atoms with E-state index in [0.717, 1.165) is 16.3 Å². The molecule has 6 nitrogen and oxygen atoms in total. The first-order valence-corrected chi connectivity index (χ1v) is 10.2. The van der Waals surface area contributed by atoms with Crippen molar-refractivity contribution in [3.63, 3.8) is 0 Å². The van der Waals surface area contributed by atoms with Crippen LogP contribution in [0.3, 0.4) is 0 Å². The molecule has 6 heteroatoms. The van der Waals surface area contributed by atoms with E-state index in [9.17, 15) is 9.90 Å². The monoisotopic (exact) mass is 410 g/mol. The van der Waals surface area contributed by atoms with Crippen LogP contribution >= 0.6 is 0 Å². The summed E-state index contributed by atoms with van der Waals surface area (Å²) in [5, 5.41) is 18.5. The molecule has 1 saturated heterocycles. The molecule has 4 aromatic carbocycles. The molecule has 1 aliphatic heterocycles. The number of amides is 1. The largest absolute Gasteiger partial charge is 0.507 e. The highest BCUT2D eigenvalue weighted by Gasteiger charge is 2.30. The minimum Gasteiger partial charge on any atom is -0.507 e. The van der Waals surface area contributed by atoms with E-state index in [2.05, 4.69) is 45.6 Å². The van der Waals surface area contributed by atoms with Crippen molar-refractivity contribution in [2.45, 2.75) is 18.5 Å². The Morgan fingerprint density at radius 3 is 2.45 bits per heavy atom. The zero-order valence-corrected chi connectivity index (χ0v) is 16.7. The molecule has 2 unspecified atom stereocenters. The molecule has 0 spiro atoms. The molecule has 1 amide bonds. The fraction of sp³-hybridized carbons (Fsp3) is 0.120. The lowest BCUT2D eigenvalue weighted by Crippen LogP contribution is -2.41. The standard InChI is InChI=1S/C25H22N4O2/c30-24-13-12-17-7-2-4-10-19(17)21(24)15-26-29-25(31)23-14-22(27-28-23)20-11-5-8-16-6-1-3-9-18(16)20/h1-13,15,22-23,27-28,30H,14H2,(H,29,31)/b26-15+. The number of phenols is 1. The Bertz CT molecular complexity index is 1300. The van der Waals surface area contributed by atoms with Crippen molar-refractivity contribution in [1.29, 1.82) is 0 Å². The molecule has 31 heavy (non-hydrogen) atoms. The van der Waals surface area contributed by atoms with Gasteiger partial charge in [0.05, 0.1) is 6.21 Å². The number of nitrogens with zero attached hydrogens (tertiary/aromatic N) is 1. The summed E-state index contributed by atoms with van der Waals surface area (Å²) in [6, 6.07) is 25.2. The Labute approximate surface area is 179 Å². The van der Waals surface area contributed by atoms with Gasteiger partial charge in [-0.2, -0.15) is 5.10 Å². The van der Waals surface area contributed by atoms with Gasteiger partial charge in [-0.05, 0) is 39.6 Å². The number of hydrazone groups is 1. The first-order valence-electron chi connectivity index (χ1n) is 10.2. The molecule has 154 valence electrons. The highest BCUT2D eigenvalue weighted by molar-refractivity contribution is 6.02. The van der Waals surface area contributed by atoms with E-state index in [4.69, 9.17) is 0 Å². The van der Waals surface area contributed by atoms with Crippen molar-refractivity contribution in [3.05, 3.63) is 90.0 Å². The number of fused-ring (bicyclic) bond motifs is 2. The van der Waals surface area contributed by atoms with Gasteiger partial charge < -0.3 is 5.11 Å². The summed E-state index contributed by atoms with van der Waals surface area (Å²) in [4.78, 5) is 12.6. The third-order valence-electron chi connectivity index (χ3n) is 5.73. The first kappa shape index (κ1) is 19.2. The van der Waals surface area contributed by atoms with Crippen LogP contribution in [0.5, 0.6) is 5.75 Å². The maximum atomic E-state index is 12.6. The Morgan fingerprint density at radius 2 is 1.61 bits per heavy atom. The minimum atomic E-state index is -0.415. The summed E-state index contributed by atoms with van der Waals surface area (Å²) >= 11 is 0. The number of hydrazine groups is 1. The van der Waals surface area contributed by atoms with Gasteiger partial charge in [-0.15, -0.1) is 0 Å². The fourth-order valence-corrected chi connectivity index (χ4v) is 4.14. The van der Waals surface area contributed by atoms with Crippen molar-refractivity contribution < 1.29 is 9.90 Å². The van der Waals surface area contributed by atoms with E-state index < -0.39 is 6.04 Å². The first-order chi connectivity index (χ1) is 15.2. The van der Waals surface area contributed by atoms with Crippen LogP contribution in [0.15, 0.2) is 84.0 Å². The second kappa shape index (κ2) is 8.18. The summed E-state index contributed by atoms with van der Waals surface area (Å²) in [6.07, 6.45) is 2.09. The zero-order valence-electron chi connectivity index (χ0n) is 16.7. The van der Waals surface area contributed by atoms with Crippen molar-refractivity contribution in [3.8, 4) is 5.75 Å². The van der Waals surface area contributed by atoms with E-state index in [0.29, 0.717) is 12.0 Å². The number of carbonyl (C=O) groups is 1. The van der Waals surface area contributed by atoms with Crippen LogP contribution in [0.1, 0.15) is 23.6 Å². The van der Waals surface area contributed by atoms with Crippen LogP contribution in [0.25, 0.3) is 21.5 Å². The SMILES string of the molecule is O=C(N/N=C/c1c(O)ccc2ccccc12)C1CC(c2cccc3ccccc23)NN1. The zero-order chi connectivity index (χ0) is 21.2. The second-order valence-corrected chi connectivity index (χ2v) is 7.65. The average Bonchev–Trinajstić information content (AvgIpc) is 3.30. The smallest absolute Gasteiger partial charge is 0.258 e. The highest BCUT2D eigenvalue weighted by Crippen LogP contribution is 2.29. The Morgan fingerprint density at radius 1 is 0.903 bits per heavy atom. The molecule has 1 heterocycles. The second-order valence-electron chi connectivity index (χ2n) is 7.65. The fourth-order valence-electron chi connectivity index (χ4n) is 4.14. The van der Waals surface area contributed by atoms with Crippen LogP contribution in [0, 0.1) is 0 Å². The molecule has 2 atom stereocenters. The van der Waals surface area contributed by atoms with Gasteiger partial charge in [-0.3, -0.25) is 4.79 Å². The molecule has 0 bridgehead atoms. The van der Waals surface area contributed by atoms with Gasteiger partial charge in [0.1, 0.15) is 11.8 Å². The maximum absolute atomic E-state index is 12.6. The van der Waals surface area contributed by atoms with Gasteiger partial charge in [-0.1, -0.05) is 72.8 Å². The lowest BCUT2D eigenvalue weighted by molar-refractivity contribution is -0.122. The van der Waals surface area contributed by atoms with E-state index in [1.54, 1.807) is 6.07 Å². The molecule has 0 saturated carbocycles. The Hall–Kier alpha value is -3.74. The summed E-state index contributed by atoms with van der Waals surface area (Å²) < 4.78 is 0. The molecule has 0 radical (unpaired) electrons. The quantitative estimate of drug-likeness (QED) is 0.305. The predicted octanol–water partition coefficient (Wildman–Crippen LogP) is 3.76. The van der Waals surface area contributed by atoms with Gasteiger partial charge in [-0.25, -0.2) is 16.3 Å². The van der Waals surface area contributed by atoms with Crippen molar-refractivity contribution in [1.82, 2.24) is 16.3 Å². The van der Waals surface area contributed by atoms with Gasteiger partial charge in [0.2, 0.25) is 0 Å². The molecular weight excluding hydrogens is 388 g/mol. The third kappa shape index (κ3) is 3.74. The molecule has 4 aromatic rings. The summed E-state index contributed by atoms with van der Waals surface area (Å²) in [5.74, 6) is -0.111. The summed E-state index contributed by atoms with van der Waals surface area (Å²) in [5.41, 5.74) is 10.6. The van der Waals surface area contributed by atoms with Crippen LogP contribution in [-0.4, -0.2) is 23.3 Å². The van der Waals surface area contributed by atoms with E-state index >= 15 is 0 Å².